The Bertz CT molecular complexity index is 936. The Kier molecular flexibility index (Phi) is 4.83. The first-order valence-electron chi connectivity index (χ1n) is 8.66. The Labute approximate surface area is 169 Å². The molecule has 2 aliphatic heterocycles. The normalized spacial score (nSPS) is 21.0. The molecule has 1 fully saturated rings. The van der Waals surface area contributed by atoms with Crippen LogP contribution in [0.2, 0.25) is 10.0 Å². The van der Waals surface area contributed by atoms with Crippen molar-refractivity contribution in [1.29, 1.82) is 0 Å². The maximum absolute atomic E-state index is 12.9. The number of alkyl halides is 3. The van der Waals surface area contributed by atoms with Crippen molar-refractivity contribution in [1.82, 2.24) is 5.32 Å². The highest BCUT2D eigenvalue weighted by Gasteiger charge is 2.44. The fourth-order valence-corrected chi connectivity index (χ4v) is 4.26. The van der Waals surface area contributed by atoms with E-state index in [1.165, 1.54) is 0 Å². The first kappa shape index (κ1) is 19.2. The van der Waals surface area contributed by atoms with Crippen LogP contribution in [-0.4, -0.2) is 24.7 Å². The van der Waals surface area contributed by atoms with Crippen LogP contribution in [0.15, 0.2) is 36.4 Å². The van der Waals surface area contributed by atoms with Gasteiger partial charge in [0, 0.05) is 12.1 Å². The Morgan fingerprint density at radius 3 is 2.64 bits per heavy atom. The number of carbonyl (C=O) groups is 1. The second-order valence-electron chi connectivity index (χ2n) is 6.71. The lowest BCUT2D eigenvalue weighted by Crippen LogP contribution is -2.52. The molecule has 0 bridgehead atoms. The number of rotatable bonds is 1. The molecular formula is C19H15Cl2F3N2O2. The zero-order valence-corrected chi connectivity index (χ0v) is 15.9. The molecule has 2 atom stereocenters. The van der Waals surface area contributed by atoms with Gasteiger partial charge < -0.3 is 15.0 Å². The molecule has 0 radical (unpaired) electrons. The number of benzene rings is 2. The summed E-state index contributed by atoms with van der Waals surface area (Å²) in [5, 5.41) is 2.73. The third-order valence-electron chi connectivity index (χ3n) is 4.98. The van der Waals surface area contributed by atoms with E-state index in [0.29, 0.717) is 47.2 Å². The van der Waals surface area contributed by atoms with Gasteiger partial charge in [0.1, 0.15) is 11.4 Å². The molecular weight excluding hydrogens is 416 g/mol. The Morgan fingerprint density at radius 2 is 1.89 bits per heavy atom. The monoisotopic (exact) mass is 430 g/mol. The molecule has 0 saturated carbocycles. The van der Waals surface area contributed by atoms with E-state index in [1.54, 1.807) is 36.4 Å². The van der Waals surface area contributed by atoms with Crippen molar-refractivity contribution in [2.75, 3.05) is 11.4 Å². The molecule has 2 aromatic carbocycles. The third kappa shape index (κ3) is 3.26. The van der Waals surface area contributed by atoms with Gasteiger partial charge in [0.05, 0.1) is 22.1 Å². The average Bonchev–Trinajstić information content (AvgIpc) is 2.79. The number of nitrogens with zero attached hydrogens (tertiary/aromatic N) is 1. The van der Waals surface area contributed by atoms with Crippen LogP contribution in [0, 0.1) is 0 Å². The van der Waals surface area contributed by atoms with E-state index in [-0.39, 0.29) is 5.02 Å². The van der Waals surface area contributed by atoms with Gasteiger partial charge >= 0.3 is 12.1 Å². The fraction of sp³-hybridized carbons (Fsp3) is 0.316. The molecule has 4 nitrogen and oxygen atoms in total. The number of nitrogens with one attached hydrogen (secondary N) is 1. The highest BCUT2D eigenvalue weighted by Crippen LogP contribution is 2.51. The summed E-state index contributed by atoms with van der Waals surface area (Å²) in [5.74, 6) is -0.991. The predicted octanol–water partition coefficient (Wildman–Crippen LogP) is 5.49. The summed E-state index contributed by atoms with van der Waals surface area (Å²) in [6.45, 7) is 0.536. The van der Waals surface area contributed by atoms with Gasteiger partial charge in [0.15, 0.2) is 5.75 Å². The van der Waals surface area contributed by atoms with Crippen molar-refractivity contribution in [3.63, 3.8) is 0 Å². The zero-order chi connectivity index (χ0) is 20.1. The first-order chi connectivity index (χ1) is 13.3. The van der Waals surface area contributed by atoms with Crippen LogP contribution < -0.4 is 15.0 Å². The van der Waals surface area contributed by atoms with Crippen molar-refractivity contribution in [3.8, 4) is 11.5 Å². The van der Waals surface area contributed by atoms with Gasteiger partial charge in [-0.1, -0.05) is 41.4 Å². The summed E-state index contributed by atoms with van der Waals surface area (Å²) >= 11 is 12.6. The molecule has 28 heavy (non-hydrogen) atoms. The molecule has 9 heteroatoms. The van der Waals surface area contributed by atoms with Gasteiger partial charge in [-0.05, 0) is 31.0 Å². The Balaban J connectivity index is 1.85. The van der Waals surface area contributed by atoms with Crippen molar-refractivity contribution >= 4 is 34.8 Å². The third-order valence-corrected chi connectivity index (χ3v) is 5.78. The van der Waals surface area contributed by atoms with E-state index >= 15 is 0 Å². The van der Waals surface area contributed by atoms with Gasteiger partial charge in [-0.3, -0.25) is 4.79 Å². The van der Waals surface area contributed by atoms with Crippen molar-refractivity contribution in [2.24, 2.45) is 0 Å². The predicted molar refractivity (Wildman–Crippen MR) is 100 cm³/mol. The maximum Gasteiger partial charge on any atom is 0.471 e. The molecule has 1 amide bonds. The number of amides is 1. The van der Waals surface area contributed by atoms with Crippen LogP contribution in [0.3, 0.4) is 0 Å². The van der Waals surface area contributed by atoms with E-state index < -0.39 is 24.2 Å². The van der Waals surface area contributed by atoms with Gasteiger partial charge in [-0.15, -0.1) is 0 Å². The van der Waals surface area contributed by atoms with Crippen LogP contribution >= 0.6 is 23.2 Å². The second kappa shape index (κ2) is 7.04. The molecule has 0 unspecified atom stereocenters. The van der Waals surface area contributed by atoms with Crippen molar-refractivity contribution in [2.45, 2.75) is 31.1 Å². The van der Waals surface area contributed by atoms with E-state index in [0.717, 1.165) is 0 Å². The molecule has 2 aliphatic rings. The number of hydrogen-bond acceptors (Lipinski definition) is 3. The Hall–Kier alpha value is -2.12. The van der Waals surface area contributed by atoms with E-state index in [1.807, 2.05) is 4.90 Å². The zero-order valence-electron chi connectivity index (χ0n) is 14.4. The first-order valence-corrected chi connectivity index (χ1v) is 9.42. The van der Waals surface area contributed by atoms with Gasteiger partial charge in [0.2, 0.25) is 0 Å². The van der Waals surface area contributed by atoms with E-state index in [2.05, 4.69) is 5.32 Å². The molecule has 1 N–H and O–H groups in total. The van der Waals surface area contributed by atoms with Gasteiger partial charge in [-0.25, -0.2) is 0 Å². The molecule has 1 saturated heterocycles. The number of para-hydroxylation sites is 1. The van der Waals surface area contributed by atoms with Crippen LogP contribution in [0.5, 0.6) is 11.5 Å². The van der Waals surface area contributed by atoms with E-state index in [4.69, 9.17) is 27.9 Å². The number of halogens is 5. The molecule has 2 aromatic rings. The van der Waals surface area contributed by atoms with Crippen molar-refractivity contribution < 1.29 is 22.7 Å². The summed E-state index contributed by atoms with van der Waals surface area (Å²) in [7, 11) is 0. The summed E-state index contributed by atoms with van der Waals surface area (Å²) < 4.78 is 44.6. The van der Waals surface area contributed by atoms with Crippen LogP contribution in [0.25, 0.3) is 0 Å². The van der Waals surface area contributed by atoms with Crippen molar-refractivity contribution in [3.05, 3.63) is 52.0 Å². The van der Waals surface area contributed by atoms with E-state index in [9.17, 15) is 18.0 Å². The summed E-state index contributed by atoms with van der Waals surface area (Å²) in [6, 6.07) is 9.02. The lowest BCUT2D eigenvalue weighted by Gasteiger charge is -2.42. The minimum absolute atomic E-state index is 0.264. The summed E-state index contributed by atoms with van der Waals surface area (Å²) in [5.41, 5.74) is 1.19. The van der Waals surface area contributed by atoms with Gasteiger partial charge in [-0.2, -0.15) is 13.2 Å². The molecule has 148 valence electrons. The van der Waals surface area contributed by atoms with Crippen LogP contribution in [-0.2, 0) is 4.79 Å². The average molecular weight is 431 g/mol. The number of carbonyl (C=O) groups excluding carboxylic acids is 1. The minimum atomic E-state index is -4.96. The fourth-order valence-electron chi connectivity index (χ4n) is 3.84. The molecule has 0 aromatic heterocycles. The van der Waals surface area contributed by atoms with Gasteiger partial charge in [0.25, 0.3) is 0 Å². The lowest BCUT2D eigenvalue weighted by atomic mass is 9.89. The minimum Gasteiger partial charge on any atom is -0.455 e. The highest BCUT2D eigenvalue weighted by molar-refractivity contribution is 6.44. The molecule has 0 aliphatic carbocycles. The maximum atomic E-state index is 12.9. The van der Waals surface area contributed by atoms with Crippen LogP contribution in [0.1, 0.15) is 24.4 Å². The Morgan fingerprint density at radius 1 is 1.14 bits per heavy atom. The highest BCUT2D eigenvalue weighted by atomic mass is 35.5. The number of fused-ring (bicyclic) bond motifs is 5. The molecule has 0 spiro atoms. The number of piperidine rings is 1. The molecule has 2 heterocycles. The standard InChI is InChI=1S/C19H15Cl2F3N2O2/c20-11-7-8-14-17(15(11)21)26-9-3-5-12(25-18(27)19(22,23)24)16(26)10-4-1-2-6-13(10)28-14/h1-2,4,6-8,12,16H,3,5,9H2,(H,25,27)/t12-,16+/m1/s1. The molecule has 4 rings (SSSR count). The lowest BCUT2D eigenvalue weighted by molar-refractivity contribution is -0.174. The number of ether oxygens (including phenoxy) is 1. The largest absolute Gasteiger partial charge is 0.471 e. The number of hydrogen-bond donors (Lipinski definition) is 1. The van der Waals surface area contributed by atoms with Crippen LogP contribution in [0.4, 0.5) is 18.9 Å². The number of anilines is 1. The summed E-state index contributed by atoms with van der Waals surface area (Å²) in [6.07, 6.45) is -3.99. The second-order valence-corrected chi connectivity index (χ2v) is 7.49. The summed E-state index contributed by atoms with van der Waals surface area (Å²) in [4.78, 5) is 13.5. The topological polar surface area (TPSA) is 41.6 Å². The quantitative estimate of drug-likeness (QED) is 0.650. The smallest absolute Gasteiger partial charge is 0.455 e. The SMILES string of the molecule is O=C(N[C@@H]1CCCN2c3c(ccc(Cl)c3Cl)Oc3ccccc3[C@@H]12)C(F)(F)F.